The lowest BCUT2D eigenvalue weighted by atomic mass is 10.1. The Balaban J connectivity index is 2.81. The molecule has 1 rings (SSSR count). The van der Waals surface area contributed by atoms with E-state index in [1.165, 1.54) is 0 Å². The number of hydrogen-bond donors (Lipinski definition) is 2. The van der Waals surface area contributed by atoms with Gasteiger partial charge < -0.3 is 15.6 Å². The Kier molecular flexibility index (Phi) is 3.46. The van der Waals surface area contributed by atoms with Crippen molar-refractivity contribution in [2.75, 3.05) is 6.54 Å². The van der Waals surface area contributed by atoms with Crippen molar-refractivity contribution in [2.24, 2.45) is 5.73 Å². The van der Waals surface area contributed by atoms with Crippen LogP contribution in [0.5, 0.6) is 0 Å². The standard InChI is InChI=1S/C9H12F3N3O2/c1-8(2,13)4-14-7(16)5-3-17-15-6(5)9(10,11)12/h3H,4,13H2,1-2H3,(H,14,16). The molecular formula is C9H12F3N3O2. The molecule has 1 aromatic rings. The SMILES string of the molecule is CC(C)(N)CNC(=O)c1conc1C(F)(F)F. The van der Waals surface area contributed by atoms with Crippen LogP contribution >= 0.6 is 0 Å². The minimum atomic E-state index is -4.72. The largest absolute Gasteiger partial charge is 0.437 e. The number of rotatable bonds is 3. The molecule has 0 fully saturated rings. The van der Waals surface area contributed by atoms with E-state index in [0.717, 1.165) is 0 Å². The summed E-state index contributed by atoms with van der Waals surface area (Å²) in [6.07, 6.45) is -4.07. The van der Waals surface area contributed by atoms with Crippen LogP contribution in [0.15, 0.2) is 10.8 Å². The molecule has 5 nitrogen and oxygen atoms in total. The Hall–Kier alpha value is -1.57. The molecule has 0 bridgehead atoms. The lowest BCUT2D eigenvalue weighted by Gasteiger charge is -2.18. The molecule has 8 heteroatoms. The number of nitrogens with one attached hydrogen (secondary N) is 1. The predicted molar refractivity (Wildman–Crippen MR) is 52.1 cm³/mol. The van der Waals surface area contributed by atoms with Crippen LogP contribution in [0.3, 0.4) is 0 Å². The van der Waals surface area contributed by atoms with Gasteiger partial charge in [-0.3, -0.25) is 4.79 Å². The molecule has 0 saturated carbocycles. The van der Waals surface area contributed by atoms with Crippen LogP contribution in [0.25, 0.3) is 0 Å². The first-order valence-electron chi connectivity index (χ1n) is 4.70. The topological polar surface area (TPSA) is 81.1 Å². The summed E-state index contributed by atoms with van der Waals surface area (Å²) in [5.41, 5.74) is 2.87. The fourth-order valence-corrected chi connectivity index (χ4v) is 1.01. The zero-order valence-electron chi connectivity index (χ0n) is 9.26. The van der Waals surface area contributed by atoms with Gasteiger partial charge in [0.1, 0.15) is 11.8 Å². The fourth-order valence-electron chi connectivity index (χ4n) is 1.01. The monoisotopic (exact) mass is 251 g/mol. The fraction of sp³-hybridized carbons (Fsp3) is 0.556. The first-order chi connectivity index (χ1) is 7.61. The smallest absolute Gasteiger partial charge is 0.363 e. The van der Waals surface area contributed by atoms with Crippen molar-refractivity contribution in [3.63, 3.8) is 0 Å². The molecule has 0 aliphatic heterocycles. The minimum absolute atomic E-state index is 0.0360. The molecule has 1 amide bonds. The number of hydrogen-bond acceptors (Lipinski definition) is 4. The van der Waals surface area contributed by atoms with Crippen LogP contribution in [0.1, 0.15) is 29.9 Å². The quantitative estimate of drug-likeness (QED) is 0.844. The van der Waals surface area contributed by atoms with E-state index in [-0.39, 0.29) is 6.54 Å². The van der Waals surface area contributed by atoms with E-state index in [0.29, 0.717) is 6.26 Å². The number of carbonyl (C=O) groups excluding carboxylic acids is 1. The normalized spacial score (nSPS) is 12.6. The summed E-state index contributed by atoms with van der Waals surface area (Å²) in [6.45, 7) is 3.30. The summed E-state index contributed by atoms with van der Waals surface area (Å²) < 4.78 is 41.3. The summed E-state index contributed by atoms with van der Waals surface area (Å²) in [7, 11) is 0. The summed E-state index contributed by atoms with van der Waals surface area (Å²) in [5, 5.41) is 5.03. The van der Waals surface area contributed by atoms with Crippen molar-refractivity contribution >= 4 is 5.91 Å². The van der Waals surface area contributed by atoms with Crippen LogP contribution in [-0.2, 0) is 6.18 Å². The highest BCUT2D eigenvalue weighted by Gasteiger charge is 2.39. The number of carbonyl (C=O) groups is 1. The molecule has 0 radical (unpaired) electrons. The van der Waals surface area contributed by atoms with Gasteiger partial charge in [0.2, 0.25) is 0 Å². The van der Waals surface area contributed by atoms with Gasteiger partial charge in [0.15, 0.2) is 5.69 Å². The summed E-state index contributed by atoms with van der Waals surface area (Å²) >= 11 is 0. The van der Waals surface area contributed by atoms with E-state index in [1.54, 1.807) is 13.8 Å². The van der Waals surface area contributed by atoms with Gasteiger partial charge in [-0.2, -0.15) is 13.2 Å². The number of nitrogens with two attached hydrogens (primary N) is 1. The van der Waals surface area contributed by atoms with Gasteiger partial charge in [-0.15, -0.1) is 0 Å². The third-order valence-electron chi connectivity index (χ3n) is 1.79. The Labute approximate surface area is 95.1 Å². The number of aromatic nitrogens is 1. The molecule has 0 unspecified atom stereocenters. The highest BCUT2D eigenvalue weighted by Crippen LogP contribution is 2.30. The van der Waals surface area contributed by atoms with Gasteiger partial charge in [-0.05, 0) is 13.8 Å². The van der Waals surface area contributed by atoms with Crippen molar-refractivity contribution in [1.82, 2.24) is 10.5 Å². The van der Waals surface area contributed by atoms with Crippen molar-refractivity contribution in [3.8, 4) is 0 Å². The number of amides is 1. The van der Waals surface area contributed by atoms with Crippen molar-refractivity contribution in [2.45, 2.75) is 25.6 Å². The second-order valence-corrected chi connectivity index (χ2v) is 4.25. The third kappa shape index (κ3) is 3.74. The molecular weight excluding hydrogens is 239 g/mol. The van der Waals surface area contributed by atoms with E-state index in [9.17, 15) is 18.0 Å². The van der Waals surface area contributed by atoms with Crippen LogP contribution in [-0.4, -0.2) is 23.1 Å². The number of nitrogens with zero attached hydrogens (tertiary/aromatic N) is 1. The van der Waals surface area contributed by atoms with Gasteiger partial charge in [-0.1, -0.05) is 5.16 Å². The van der Waals surface area contributed by atoms with Crippen LogP contribution in [0.4, 0.5) is 13.2 Å². The highest BCUT2D eigenvalue weighted by molar-refractivity contribution is 5.95. The van der Waals surface area contributed by atoms with Crippen LogP contribution in [0.2, 0.25) is 0 Å². The average molecular weight is 251 g/mol. The Bertz CT molecular complexity index is 406. The molecule has 0 atom stereocenters. The third-order valence-corrected chi connectivity index (χ3v) is 1.79. The lowest BCUT2D eigenvalue weighted by Crippen LogP contribution is -2.45. The van der Waals surface area contributed by atoms with Gasteiger partial charge in [0, 0.05) is 12.1 Å². The number of halogens is 3. The van der Waals surface area contributed by atoms with E-state index in [4.69, 9.17) is 5.73 Å². The van der Waals surface area contributed by atoms with Gasteiger partial charge in [-0.25, -0.2) is 0 Å². The van der Waals surface area contributed by atoms with Gasteiger partial charge in [0.25, 0.3) is 5.91 Å². The molecule has 0 aliphatic carbocycles. The molecule has 17 heavy (non-hydrogen) atoms. The maximum absolute atomic E-state index is 12.4. The van der Waals surface area contributed by atoms with Crippen molar-refractivity contribution in [3.05, 3.63) is 17.5 Å². The summed E-state index contributed by atoms with van der Waals surface area (Å²) in [4.78, 5) is 11.5. The van der Waals surface area contributed by atoms with Crippen LogP contribution < -0.4 is 11.1 Å². The Morgan fingerprint density at radius 2 is 2.12 bits per heavy atom. The molecule has 1 aromatic heterocycles. The molecule has 0 saturated heterocycles. The van der Waals surface area contributed by atoms with E-state index < -0.39 is 28.9 Å². The van der Waals surface area contributed by atoms with E-state index >= 15 is 0 Å². The first kappa shape index (κ1) is 13.5. The second kappa shape index (κ2) is 4.36. The second-order valence-electron chi connectivity index (χ2n) is 4.25. The highest BCUT2D eigenvalue weighted by atomic mass is 19.4. The van der Waals surface area contributed by atoms with Crippen LogP contribution in [0, 0.1) is 0 Å². The lowest BCUT2D eigenvalue weighted by molar-refractivity contribution is -0.143. The summed E-state index contributed by atoms with van der Waals surface area (Å²) in [6, 6.07) is 0. The van der Waals surface area contributed by atoms with Crippen molar-refractivity contribution < 1.29 is 22.5 Å². The van der Waals surface area contributed by atoms with Crippen molar-refractivity contribution in [1.29, 1.82) is 0 Å². The zero-order chi connectivity index (χ0) is 13.3. The Morgan fingerprint density at radius 1 is 1.53 bits per heavy atom. The number of alkyl halides is 3. The maximum atomic E-state index is 12.4. The molecule has 1 heterocycles. The average Bonchev–Trinajstić information content (AvgIpc) is 2.60. The Morgan fingerprint density at radius 3 is 2.59 bits per heavy atom. The first-order valence-corrected chi connectivity index (χ1v) is 4.70. The molecule has 0 aromatic carbocycles. The molecule has 3 N–H and O–H groups in total. The van der Waals surface area contributed by atoms with E-state index in [1.807, 2.05) is 0 Å². The summed E-state index contributed by atoms with van der Waals surface area (Å²) in [5.74, 6) is -0.919. The predicted octanol–water partition coefficient (Wildman–Crippen LogP) is 1.16. The maximum Gasteiger partial charge on any atom is 0.437 e. The molecule has 96 valence electrons. The van der Waals surface area contributed by atoms with E-state index in [2.05, 4.69) is 15.0 Å². The minimum Gasteiger partial charge on any atom is -0.363 e. The van der Waals surface area contributed by atoms with Gasteiger partial charge >= 0.3 is 6.18 Å². The molecule has 0 aliphatic rings. The zero-order valence-corrected chi connectivity index (χ0v) is 9.26. The van der Waals surface area contributed by atoms with Gasteiger partial charge in [0.05, 0.1) is 0 Å². The molecule has 0 spiro atoms.